The lowest BCUT2D eigenvalue weighted by Crippen LogP contribution is -2.20. The van der Waals surface area contributed by atoms with Crippen LogP contribution in [0.3, 0.4) is 0 Å². The summed E-state index contributed by atoms with van der Waals surface area (Å²) in [5.74, 6) is 1.52. The highest BCUT2D eigenvalue weighted by molar-refractivity contribution is 7.92. The first-order chi connectivity index (χ1) is 14.7. The average molecular weight is 454 g/mol. The Labute approximate surface area is 181 Å². The molecule has 0 radical (unpaired) electrons. The number of hydrogen-bond acceptors (Lipinski definition) is 7. The smallest absolute Gasteiger partial charge is 0.323 e. The highest BCUT2D eigenvalue weighted by atomic mass is 32.2. The summed E-state index contributed by atoms with van der Waals surface area (Å²) in [4.78, 5) is 12.6. The second kappa shape index (κ2) is 10.6. The van der Waals surface area contributed by atoms with Crippen LogP contribution < -0.4 is 34.3 Å². The Morgan fingerprint density at radius 1 is 0.839 bits per heavy atom. The minimum atomic E-state index is -3.55. The van der Waals surface area contributed by atoms with E-state index in [4.69, 9.17) is 18.9 Å². The number of anilines is 3. The minimum Gasteiger partial charge on any atom is -0.493 e. The highest BCUT2D eigenvalue weighted by Gasteiger charge is 2.17. The van der Waals surface area contributed by atoms with E-state index in [1.54, 1.807) is 32.0 Å². The third kappa shape index (κ3) is 6.85. The molecule has 0 bridgehead atoms. The van der Waals surface area contributed by atoms with Gasteiger partial charge in [0.1, 0.15) is 11.5 Å². The van der Waals surface area contributed by atoms with E-state index in [2.05, 4.69) is 15.4 Å². The van der Waals surface area contributed by atoms with Crippen LogP contribution in [0.15, 0.2) is 30.3 Å². The predicted molar refractivity (Wildman–Crippen MR) is 119 cm³/mol. The topological polar surface area (TPSA) is 124 Å². The molecule has 2 aromatic rings. The molecule has 0 unspecified atom stereocenters. The molecule has 31 heavy (non-hydrogen) atoms. The molecule has 3 N–H and O–H groups in total. The zero-order valence-corrected chi connectivity index (χ0v) is 18.9. The zero-order valence-electron chi connectivity index (χ0n) is 18.1. The summed E-state index contributed by atoms with van der Waals surface area (Å²) in [5, 5.41) is 5.39. The van der Waals surface area contributed by atoms with Crippen molar-refractivity contribution < 1.29 is 32.2 Å². The first-order valence-electron chi connectivity index (χ1n) is 9.42. The van der Waals surface area contributed by atoms with Gasteiger partial charge in [-0.05, 0) is 26.0 Å². The fraction of sp³-hybridized carbons (Fsp3) is 0.350. The molecule has 0 aliphatic rings. The molecule has 11 heteroatoms. The van der Waals surface area contributed by atoms with Gasteiger partial charge < -0.3 is 29.6 Å². The number of urea groups is 1. The Morgan fingerprint density at radius 2 is 1.42 bits per heavy atom. The molecule has 0 saturated heterocycles. The van der Waals surface area contributed by atoms with E-state index in [0.717, 1.165) is 6.26 Å². The first-order valence-corrected chi connectivity index (χ1v) is 11.3. The maximum Gasteiger partial charge on any atom is 0.323 e. The molecule has 2 aromatic carbocycles. The molecule has 0 heterocycles. The van der Waals surface area contributed by atoms with Crippen molar-refractivity contribution in [1.29, 1.82) is 0 Å². The first kappa shape index (κ1) is 23.9. The molecule has 2 rings (SSSR count). The van der Waals surface area contributed by atoms with Crippen LogP contribution in [0.25, 0.3) is 0 Å². The van der Waals surface area contributed by atoms with E-state index >= 15 is 0 Å². The Kier molecular flexibility index (Phi) is 8.20. The quantitative estimate of drug-likeness (QED) is 0.503. The Bertz CT molecular complexity index is 1030. The van der Waals surface area contributed by atoms with Crippen molar-refractivity contribution in [3.05, 3.63) is 30.3 Å². The van der Waals surface area contributed by atoms with E-state index in [1.165, 1.54) is 26.4 Å². The SMILES string of the molecule is CCOc1cc(NS(C)(=O)=O)c(OCC)cc1NC(=O)Nc1ccc(OC)c(OC)c1. The Balaban J connectivity index is 2.31. The van der Waals surface area contributed by atoms with Gasteiger partial charge in [0.05, 0.1) is 45.1 Å². The van der Waals surface area contributed by atoms with Gasteiger partial charge in [0.15, 0.2) is 11.5 Å². The number of methoxy groups -OCH3 is 2. The molecule has 0 fully saturated rings. The van der Waals surface area contributed by atoms with Crippen LogP contribution >= 0.6 is 0 Å². The van der Waals surface area contributed by atoms with Crippen molar-refractivity contribution in [2.75, 3.05) is 49.0 Å². The summed E-state index contributed by atoms with van der Waals surface area (Å²) in [6, 6.07) is 7.36. The summed E-state index contributed by atoms with van der Waals surface area (Å²) in [6.45, 7) is 4.13. The standard InChI is InChI=1S/C20H27N3O7S/c1-6-29-17-12-15(23-31(5,25)26)18(30-7-2)11-14(17)22-20(24)21-13-8-9-16(27-3)19(10-13)28-4/h8-12,23H,6-7H2,1-5H3,(H2,21,22,24). The molecule has 0 aliphatic heterocycles. The van der Waals surface area contributed by atoms with E-state index < -0.39 is 16.1 Å². The fourth-order valence-electron chi connectivity index (χ4n) is 2.69. The van der Waals surface area contributed by atoms with E-state index in [1.807, 2.05) is 0 Å². The monoisotopic (exact) mass is 453 g/mol. The van der Waals surface area contributed by atoms with Crippen molar-refractivity contribution >= 4 is 33.1 Å². The maximum absolute atomic E-state index is 12.6. The highest BCUT2D eigenvalue weighted by Crippen LogP contribution is 2.37. The molecule has 0 saturated carbocycles. The number of hydrogen-bond donors (Lipinski definition) is 3. The Morgan fingerprint density at radius 3 is 1.97 bits per heavy atom. The van der Waals surface area contributed by atoms with E-state index in [-0.39, 0.29) is 17.2 Å². The van der Waals surface area contributed by atoms with Crippen LogP contribution in [0.5, 0.6) is 23.0 Å². The normalized spacial score (nSPS) is 10.7. The van der Waals surface area contributed by atoms with Gasteiger partial charge in [0.25, 0.3) is 0 Å². The summed E-state index contributed by atoms with van der Waals surface area (Å²) < 4.78 is 47.3. The molecule has 0 atom stereocenters. The molecular weight excluding hydrogens is 426 g/mol. The van der Waals surface area contributed by atoms with Crippen molar-refractivity contribution in [3.63, 3.8) is 0 Å². The minimum absolute atomic E-state index is 0.207. The van der Waals surface area contributed by atoms with E-state index in [0.29, 0.717) is 36.1 Å². The van der Waals surface area contributed by atoms with Gasteiger partial charge in [-0.15, -0.1) is 0 Å². The number of carbonyl (C=O) groups excluding carboxylic acids is 1. The number of carbonyl (C=O) groups is 1. The zero-order chi connectivity index (χ0) is 23.0. The van der Waals surface area contributed by atoms with Crippen molar-refractivity contribution in [2.45, 2.75) is 13.8 Å². The van der Waals surface area contributed by atoms with Gasteiger partial charge >= 0.3 is 6.03 Å². The van der Waals surface area contributed by atoms with Crippen LogP contribution in [0.1, 0.15) is 13.8 Å². The van der Waals surface area contributed by atoms with Crippen LogP contribution in [0.4, 0.5) is 21.9 Å². The number of nitrogens with one attached hydrogen (secondary N) is 3. The van der Waals surface area contributed by atoms with Crippen molar-refractivity contribution in [1.82, 2.24) is 0 Å². The van der Waals surface area contributed by atoms with Gasteiger partial charge in [0.2, 0.25) is 10.0 Å². The molecule has 0 aliphatic carbocycles. The molecule has 2 amide bonds. The molecule has 0 aromatic heterocycles. The molecule has 170 valence electrons. The van der Waals surface area contributed by atoms with Gasteiger partial charge in [0, 0.05) is 23.9 Å². The number of rotatable bonds is 10. The number of ether oxygens (including phenoxy) is 4. The largest absolute Gasteiger partial charge is 0.493 e. The van der Waals surface area contributed by atoms with Gasteiger partial charge in [-0.1, -0.05) is 0 Å². The summed E-state index contributed by atoms with van der Waals surface area (Å²) in [7, 11) is -0.530. The van der Waals surface area contributed by atoms with Crippen LogP contribution in [-0.2, 0) is 10.0 Å². The predicted octanol–water partition coefficient (Wildman–Crippen LogP) is 3.52. The third-order valence-electron chi connectivity index (χ3n) is 3.87. The second-order valence-corrected chi connectivity index (χ2v) is 7.98. The Hall–Kier alpha value is -3.34. The van der Waals surface area contributed by atoms with Gasteiger partial charge in [-0.25, -0.2) is 13.2 Å². The number of benzene rings is 2. The fourth-order valence-corrected chi connectivity index (χ4v) is 3.24. The van der Waals surface area contributed by atoms with Crippen molar-refractivity contribution in [2.24, 2.45) is 0 Å². The average Bonchev–Trinajstić information content (AvgIpc) is 2.70. The lowest BCUT2D eigenvalue weighted by Gasteiger charge is -2.18. The van der Waals surface area contributed by atoms with E-state index in [9.17, 15) is 13.2 Å². The number of sulfonamides is 1. The molecule has 10 nitrogen and oxygen atoms in total. The van der Waals surface area contributed by atoms with Crippen molar-refractivity contribution in [3.8, 4) is 23.0 Å². The second-order valence-electron chi connectivity index (χ2n) is 6.23. The summed E-state index contributed by atoms with van der Waals surface area (Å²) >= 11 is 0. The molecular formula is C20H27N3O7S. The van der Waals surface area contributed by atoms with Crippen LogP contribution in [-0.4, -0.2) is 48.1 Å². The third-order valence-corrected chi connectivity index (χ3v) is 4.46. The van der Waals surface area contributed by atoms with Gasteiger partial charge in [-0.2, -0.15) is 0 Å². The summed E-state index contributed by atoms with van der Waals surface area (Å²) in [6.07, 6.45) is 1.03. The lowest BCUT2D eigenvalue weighted by atomic mass is 10.2. The van der Waals surface area contributed by atoms with Crippen LogP contribution in [0, 0.1) is 0 Å². The number of amides is 2. The molecule has 0 spiro atoms. The lowest BCUT2D eigenvalue weighted by molar-refractivity contribution is 0.262. The van der Waals surface area contributed by atoms with Gasteiger partial charge in [-0.3, -0.25) is 4.72 Å². The summed E-state index contributed by atoms with van der Waals surface area (Å²) in [5.41, 5.74) is 0.995. The van der Waals surface area contributed by atoms with Crippen LogP contribution in [0.2, 0.25) is 0 Å². The maximum atomic E-state index is 12.6.